The number of carbonyl (C=O) groups excluding carboxylic acids is 2. The van der Waals surface area contributed by atoms with Crippen molar-refractivity contribution in [2.24, 2.45) is 0 Å². The molecule has 3 rings (SSSR count). The van der Waals surface area contributed by atoms with Gasteiger partial charge in [0.05, 0.1) is 30.1 Å². The number of piperazine rings is 1. The number of rotatable bonds is 4. The van der Waals surface area contributed by atoms with E-state index in [9.17, 15) is 9.59 Å². The van der Waals surface area contributed by atoms with Crippen LogP contribution in [0.3, 0.4) is 0 Å². The van der Waals surface area contributed by atoms with Gasteiger partial charge in [-0.1, -0.05) is 6.07 Å². The summed E-state index contributed by atoms with van der Waals surface area (Å²) >= 11 is 0. The molecule has 1 saturated heterocycles. The van der Waals surface area contributed by atoms with E-state index in [1.165, 1.54) is 0 Å². The smallest absolute Gasteiger partial charge is 0.409 e. The topological polar surface area (TPSA) is 98.6 Å². The van der Waals surface area contributed by atoms with E-state index in [1.54, 1.807) is 48.4 Å². The lowest BCUT2D eigenvalue weighted by Crippen LogP contribution is -2.49. The molecule has 2 aromatic rings. The normalized spacial score (nSPS) is 13.6. The van der Waals surface area contributed by atoms with Crippen molar-refractivity contribution in [1.82, 2.24) is 9.88 Å². The Morgan fingerprint density at radius 3 is 2.64 bits per heavy atom. The molecule has 0 unspecified atom stereocenters. The minimum absolute atomic E-state index is 0.284. The van der Waals surface area contributed by atoms with Crippen LogP contribution < -0.4 is 10.2 Å². The molecule has 0 aliphatic carbocycles. The lowest BCUT2D eigenvalue weighted by Gasteiger charge is -2.35. The van der Waals surface area contributed by atoms with E-state index >= 15 is 0 Å². The van der Waals surface area contributed by atoms with Crippen LogP contribution in [0.2, 0.25) is 0 Å². The molecule has 0 saturated carbocycles. The minimum atomic E-state index is -0.339. The molecule has 1 aliphatic rings. The van der Waals surface area contributed by atoms with Crippen LogP contribution in [0.5, 0.6) is 0 Å². The van der Waals surface area contributed by atoms with Gasteiger partial charge in [0, 0.05) is 31.9 Å². The number of aromatic nitrogens is 1. The number of anilines is 2. The second-order valence-corrected chi connectivity index (χ2v) is 6.22. The summed E-state index contributed by atoms with van der Waals surface area (Å²) < 4.78 is 5.02. The summed E-state index contributed by atoms with van der Waals surface area (Å²) in [5, 5.41) is 11.7. The van der Waals surface area contributed by atoms with Gasteiger partial charge in [0.15, 0.2) is 0 Å². The third-order valence-corrected chi connectivity index (χ3v) is 4.40. The van der Waals surface area contributed by atoms with E-state index in [4.69, 9.17) is 10.00 Å². The molecule has 0 bridgehead atoms. The van der Waals surface area contributed by atoms with Crippen molar-refractivity contribution in [2.75, 3.05) is 43.0 Å². The molecular formula is C20H21N5O3. The minimum Gasteiger partial charge on any atom is -0.450 e. The Labute approximate surface area is 163 Å². The second-order valence-electron chi connectivity index (χ2n) is 6.22. The van der Waals surface area contributed by atoms with Gasteiger partial charge in [0.25, 0.3) is 5.91 Å². The zero-order valence-electron chi connectivity index (χ0n) is 15.6. The van der Waals surface area contributed by atoms with Gasteiger partial charge in [-0.3, -0.25) is 4.79 Å². The number of nitriles is 1. The fraction of sp³-hybridized carbons (Fsp3) is 0.300. The first kappa shape index (κ1) is 19.2. The van der Waals surface area contributed by atoms with Gasteiger partial charge in [-0.25, -0.2) is 9.78 Å². The van der Waals surface area contributed by atoms with Crippen LogP contribution in [-0.2, 0) is 4.74 Å². The molecule has 1 fully saturated rings. The van der Waals surface area contributed by atoms with E-state index < -0.39 is 0 Å². The molecule has 2 amide bonds. The number of ether oxygens (including phenoxy) is 1. The summed E-state index contributed by atoms with van der Waals surface area (Å²) in [6, 6.07) is 12.2. The molecule has 0 atom stereocenters. The number of nitrogens with zero attached hydrogens (tertiary/aromatic N) is 4. The quantitative estimate of drug-likeness (QED) is 0.876. The average molecular weight is 379 g/mol. The summed E-state index contributed by atoms with van der Waals surface area (Å²) in [7, 11) is 0. The zero-order chi connectivity index (χ0) is 19.9. The van der Waals surface area contributed by atoms with Crippen molar-refractivity contribution in [3.05, 3.63) is 53.9 Å². The molecule has 1 N–H and O–H groups in total. The number of amides is 2. The molecule has 1 aromatic heterocycles. The van der Waals surface area contributed by atoms with Crippen molar-refractivity contribution < 1.29 is 14.3 Å². The maximum atomic E-state index is 12.4. The first-order chi connectivity index (χ1) is 13.6. The van der Waals surface area contributed by atoms with Gasteiger partial charge in [-0.15, -0.1) is 0 Å². The second kappa shape index (κ2) is 8.86. The van der Waals surface area contributed by atoms with Crippen LogP contribution in [0.4, 0.5) is 16.2 Å². The Balaban J connectivity index is 1.58. The van der Waals surface area contributed by atoms with Gasteiger partial charge >= 0.3 is 6.09 Å². The lowest BCUT2D eigenvalue weighted by molar-refractivity contribution is 0.101. The third kappa shape index (κ3) is 4.57. The molecular weight excluding hydrogens is 358 g/mol. The van der Waals surface area contributed by atoms with E-state index in [-0.39, 0.29) is 17.7 Å². The lowest BCUT2D eigenvalue weighted by atomic mass is 10.2. The predicted octanol–water partition coefficient (Wildman–Crippen LogP) is 2.48. The Morgan fingerprint density at radius 2 is 2.00 bits per heavy atom. The standard InChI is InChI=1S/C20H21N5O3/c1-2-28-20(27)25-10-8-24(9-11-25)17-6-7-18(22-14-17)19(26)23-16-5-3-4-15(12-16)13-21/h3-7,12,14H,2,8-11H2,1H3,(H,23,26). The highest BCUT2D eigenvalue weighted by molar-refractivity contribution is 6.03. The molecule has 1 aromatic carbocycles. The van der Waals surface area contributed by atoms with Crippen molar-refractivity contribution in [1.29, 1.82) is 5.26 Å². The molecule has 28 heavy (non-hydrogen) atoms. The number of hydrogen-bond acceptors (Lipinski definition) is 6. The first-order valence-corrected chi connectivity index (χ1v) is 9.05. The van der Waals surface area contributed by atoms with Gasteiger partial charge in [-0.2, -0.15) is 5.26 Å². The van der Waals surface area contributed by atoms with E-state index in [0.717, 1.165) is 5.69 Å². The fourth-order valence-corrected chi connectivity index (χ4v) is 2.93. The highest BCUT2D eigenvalue weighted by Crippen LogP contribution is 2.17. The molecule has 1 aliphatic heterocycles. The highest BCUT2D eigenvalue weighted by atomic mass is 16.6. The Bertz CT molecular complexity index is 883. The largest absolute Gasteiger partial charge is 0.450 e. The van der Waals surface area contributed by atoms with Crippen LogP contribution >= 0.6 is 0 Å². The van der Waals surface area contributed by atoms with Crippen molar-refractivity contribution in [3.8, 4) is 6.07 Å². The van der Waals surface area contributed by atoms with Crippen LogP contribution in [0.1, 0.15) is 23.0 Å². The highest BCUT2D eigenvalue weighted by Gasteiger charge is 2.22. The van der Waals surface area contributed by atoms with Crippen molar-refractivity contribution in [3.63, 3.8) is 0 Å². The molecule has 2 heterocycles. The number of nitrogens with one attached hydrogen (secondary N) is 1. The Hall–Kier alpha value is -3.60. The molecule has 8 nitrogen and oxygen atoms in total. The SMILES string of the molecule is CCOC(=O)N1CCN(c2ccc(C(=O)Nc3cccc(C#N)c3)nc2)CC1. The maximum Gasteiger partial charge on any atom is 0.409 e. The number of carbonyl (C=O) groups is 2. The first-order valence-electron chi connectivity index (χ1n) is 9.05. The number of hydrogen-bond donors (Lipinski definition) is 1. The summed E-state index contributed by atoms with van der Waals surface area (Å²) in [6.45, 7) is 4.66. The zero-order valence-corrected chi connectivity index (χ0v) is 15.6. The number of pyridine rings is 1. The average Bonchev–Trinajstić information content (AvgIpc) is 2.74. The van der Waals surface area contributed by atoms with E-state index in [2.05, 4.69) is 15.2 Å². The van der Waals surface area contributed by atoms with Crippen molar-refractivity contribution in [2.45, 2.75) is 6.92 Å². The number of benzene rings is 1. The van der Waals surface area contributed by atoms with Crippen LogP contribution in [-0.4, -0.2) is 54.7 Å². The molecule has 8 heteroatoms. The third-order valence-electron chi connectivity index (χ3n) is 4.40. The monoisotopic (exact) mass is 379 g/mol. The van der Waals surface area contributed by atoms with E-state index in [1.807, 2.05) is 12.1 Å². The van der Waals surface area contributed by atoms with Crippen molar-refractivity contribution >= 4 is 23.4 Å². The van der Waals surface area contributed by atoms with Gasteiger partial charge in [-0.05, 0) is 37.3 Å². The fourth-order valence-electron chi connectivity index (χ4n) is 2.93. The maximum absolute atomic E-state index is 12.4. The molecule has 0 radical (unpaired) electrons. The van der Waals surface area contributed by atoms with Gasteiger partial charge in [0.2, 0.25) is 0 Å². The van der Waals surface area contributed by atoms with Gasteiger partial charge < -0.3 is 19.9 Å². The Kier molecular flexibility index (Phi) is 6.07. The summed E-state index contributed by atoms with van der Waals surface area (Å²) in [5.41, 5.74) is 2.20. The van der Waals surface area contributed by atoms with Crippen LogP contribution in [0.15, 0.2) is 42.6 Å². The molecule has 144 valence electrons. The van der Waals surface area contributed by atoms with E-state index in [0.29, 0.717) is 44.0 Å². The summed E-state index contributed by atoms with van der Waals surface area (Å²) in [6.07, 6.45) is 1.37. The molecule has 0 spiro atoms. The van der Waals surface area contributed by atoms with Crippen LogP contribution in [0, 0.1) is 11.3 Å². The van der Waals surface area contributed by atoms with Crippen LogP contribution in [0.25, 0.3) is 0 Å². The summed E-state index contributed by atoms with van der Waals surface area (Å²) in [5.74, 6) is -0.339. The summed E-state index contributed by atoms with van der Waals surface area (Å²) in [4.78, 5) is 32.2. The van der Waals surface area contributed by atoms with Gasteiger partial charge in [0.1, 0.15) is 5.69 Å². The Morgan fingerprint density at radius 1 is 1.21 bits per heavy atom. The predicted molar refractivity (Wildman–Crippen MR) is 104 cm³/mol.